The van der Waals surface area contributed by atoms with Crippen LogP contribution in [-0.4, -0.2) is 37.0 Å². The number of benzene rings is 1. The molecule has 2 rings (SSSR count). The minimum absolute atomic E-state index is 0.0254. The highest BCUT2D eigenvalue weighted by molar-refractivity contribution is 9.10. The van der Waals surface area contributed by atoms with Crippen LogP contribution in [0, 0.1) is 5.92 Å². The Hall–Kier alpha value is -0.870. The zero-order valence-corrected chi connectivity index (χ0v) is 12.2. The average molecular weight is 311 g/mol. The third-order valence-electron chi connectivity index (χ3n) is 3.47. The Kier molecular flexibility index (Phi) is 4.78. The van der Waals surface area contributed by atoms with Gasteiger partial charge in [0.2, 0.25) is 0 Å². The quantitative estimate of drug-likeness (QED) is 0.927. The van der Waals surface area contributed by atoms with Crippen molar-refractivity contribution in [3.8, 4) is 0 Å². The van der Waals surface area contributed by atoms with E-state index in [9.17, 15) is 4.79 Å². The van der Waals surface area contributed by atoms with Crippen LogP contribution in [0.3, 0.4) is 0 Å². The Morgan fingerprint density at radius 2 is 2.17 bits per heavy atom. The van der Waals surface area contributed by atoms with Gasteiger partial charge in [-0.1, -0.05) is 22.9 Å². The Morgan fingerprint density at radius 3 is 2.78 bits per heavy atom. The first kappa shape index (κ1) is 13.6. The van der Waals surface area contributed by atoms with E-state index >= 15 is 0 Å². The summed E-state index contributed by atoms with van der Waals surface area (Å²) in [5.74, 6) is 0.627. The maximum atomic E-state index is 11.9. The first-order chi connectivity index (χ1) is 8.69. The highest BCUT2D eigenvalue weighted by Crippen LogP contribution is 2.15. The molecular weight excluding hydrogens is 292 g/mol. The van der Waals surface area contributed by atoms with Crippen LogP contribution in [0.4, 0.5) is 0 Å². The zero-order valence-electron chi connectivity index (χ0n) is 10.7. The van der Waals surface area contributed by atoms with Crippen molar-refractivity contribution in [3.05, 3.63) is 34.3 Å². The molecular formula is C14H19BrN2O. The van der Waals surface area contributed by atoms with Crippen LogP contribution in [0.1, 0.15) is 23.7 Å². The Balaban J connectivity index is 1.80. The molecule has 3 nitrogen and oxygen atoms in total. The molecule has 1 atom stereocenters. The van der Waals surface area contributed by atoms with Crippen LogP contribution in [0.5, 0.6) is 0 Å². The number of likely N-dealkylation sites (tertiary alicyclic amines) is 1. The fourth-order valence-electron chi connectivity index (χ4n) is 2.31. The van der Waals surface area contributed by atoms with Gasteiger partial charge in [-0.05, 0) is 49.7 Å². The second-order valence-electron chi connectivity index (χ2n) is 4.76. The van der Waals surface area contributed by atoms with E-state index in [0.29, 0.717) is 5.92 Å². The lowest BCUT2D eigenvalue weighted by Crippen LogP contribution is -2.30. The third kappa shape index (κ3) is 3.56. The van der Waals surface area contributed by atoms with E-state index in [1.165, 1.54) is 6.42 Å². The lowest BCUT2D eigenvalue weighted by molar-refractivity contribution is 0.0947. The van der Waals surface area contributed by atoms with Crippen LogP contribution in [0.2, 0.25) is 0 Å². The monoisotopic (exact) mass is 310 g/mol. The molecule has 0 aliphatic carbocycles. The largest absolute Gasteiger partial charge is 0.352 e. The van der Waals surface area contributed by atoms with E-state index in [2.05, 4.69) is 33.1 Å². The van der Waals surface area contributed by atoms with Gasteiger partial charge >= 0.3 is 0 Å². The van der Waals surface area contributed by atoms with Crippen LogP contribution in [0.25, 0.3) is 0 Å². The molecule has 0 bridgehead atoms. The van der Waals surface area contributed by atoms with Gasteiger partial charge in [0.15, 0.2) is 0 Å². The normalized spacial score (nSPS) is 20.0. The van der Waals surface area contributed by atoms with Crippen molar-refractivity contribution in [2.24, 2.45) is 5.92 Å². The maximum Gasteiger partial charge on any atom is 0.251 e. The first-order valence-electron chi connectivity index (χ1n) is 6.45. The van der Waals surface area contributed by atoms with E-state index in [1.54, 1.807) is 0 Å². The minimum atomic E-state index is 0.0254. The summed E-state index contributed by atoms with van der Waals surface area (Å²) in [4.78, 5) is 14.4. The molecule has 0 aromatic heterocycles. The number of carbonyl (C=O) groups excluding carboxylic acids is 1. The molecule has 18 heavy (non-hydrogen) atoms. The number of nitrogens with zero attached hydrogens (tertiary/aromatic N) is 1. The molecule has 0 spiro atoms. The zero-order chi connectivity index (χ0) is 13.0. The van der Waals surface area contributed by atoms with Crippen molar-refractivity contribution in [1.29, 1.82) is 0 Å². The van der Waals surface area contributed by atoms with E-state index in [0.717, 1.165) is 36.2 Å². The smallest absolute Gasteiger partial charge is 0.251 e. The number of halogens is 1. The molecule has 98 valence electrons. The van der Waals surface area contributed by atoms with Gasteiger partial charge in [0, 0.05) is 23.1 Å². The van der Waals surface area contributed by atoms with Crippen molar-refractivity contribution < 1.29 is 4.79 Å². The van der Waals surface area contributed by atoms with Gasteiger partial charge in [-0.2, -0.15) is 0 Å². The standard InChI is InChI=1S/C14H19BrN2O/c1-2-17-8-7-11(10-17)9-16-14(18)12-3-5-13(15)6-4-12/h3-6,11H,2,7-10H2,1H3,(H,16,18). The van der Waals surface area contributed by atoms with E-state index in [-0.39, 0.29) is 5.91 Å². The Morgan fingerprint density at radius 1 is 1.44 bits per heavy atom. The summed E-state index contributed by atoms with van der Waals surface area (Å²) < 4.78 is 0.994. The molecule has 0 radical (unpaired) electrons. The number of amides is 1. The first-order valence-corrected chi connectivity index (χ1v) is 7.24. The summed E-state index contributed by atoms with van der Waals surface area (Å²) in [5.41, 5.74) is 0.726. The molecule has 4 heteroatoms. The van der Waals surface area contributed by atoms with E-state index in [4.69, 9.17) is 0 Å². The highest BCUT2D eigenvalue weighted by Gasteiger charge is 2.21. The van der Waals surface area contributed by atoms with Crippen LogP contribution in [-0.2, 0) is 0 Å². The lowest BCUT2D eigenvalue weighted by atomic mass is 10.1. The molecule has 1 unspecified atom stereocenters. The lowest BCUT2D eigenvalue weighted by Gasteiger charge is -2.13. The van der Waals surface area contributed by atoms with Gasteiger partial charge in [-0.25, -0.2) is 0 Å². The predicted molar refractivity (Wildman–Crippen MR) is 76.7 cm³/mol. The molecule has 1 heterocycles. The van der Waals surface area contributed by atoms with Crippen LogP contribution in [0.15, 0.2) is 28.7 Å². The summed E-state index contributed by atoms with van der Waals surface area (Å²) >= 11 is 3.36. The van der Waals surface area contributed by atoms with Gasteiger partial charge in [0.1, 0.15) is 0 Å². The average Bonchev–Trinajstić information content (AvgIpc) is 2.85. The molecule has 0 saturated carbocycles. The molecule has 1 N–H and O–H groups in total. The number of hydrogen-bond donors (Lipinski definition) is 1. The Labute approximate surface area is 117 Å². The number of nitrogens with one attached hydrogen (secondary N) is 1. The van der Waals surface area contributed by atoms with Gasteiger partial charge in [-0.3, -0.25) is 4.79 Å². The van der Waals surface area contributed by atoms with Crippen LogP contribution >= 0.6 is 15.9 Å². The SMILES string of the molecule is CCN1CCC(CNC(=O)c2ccc(Br)cc2)C1. The number of hydrogen-bond acceptors (Lipinski definition) is 2. The van der Waals surface area contributed by atoms with E-state index in [1.807, 2.05) is 24.3 Å². The van der Waals surface area contributed by atoms with Gasteiger partial charge < -0.3 is 10.2 Å². The molecule has 1 aromatic rings. The third-order valence-corrected chi connectivity index (χ3v) is 4.00. The minimum Gasteiger partial charge on any atom is -0.352 e. The topological polar surface area (TPSA) is 32.3 Å². The molecule has 1 aliphatic rings. The maximum absolute atomic E-state index is 11.9. The van der Waals surface area contributed by atoms with E-state index < -0.39 is 0 Å². The fraction of sp³-hybridized carbons (Fsp3) is 0.500. The summed E-state index contributed by atoms with van der Waals surface area (Å²) in [7, 11) is 0. The van der Waals surface area contributed by atoms with Crippen molar-refractivity contribution in [3.63, 3.8) is 0 Å². The van der Waals surface area contributed by atoms with Crippen molar-refractivity contribution in [1.82, 2.24) is 10.2 Å². The van der Waals surface area contributed by atoms with Gasteiger partial charge in [0.25, 0.3) is 5.91 Å². The van der Waals surface area contributed by atoms with Crippen molar-refractivity contribution in [2.45, 2.75) is 13.3 Å². The Bertz CT molecular complexity index is 405. The van der Waals surface area contributed by atoms with Crippen molar-refractivity contribution >= 4 is 21.8 Å². The summed E-state index contributed by atoms with van der Waals surface area (Å²) in [6.45, 7) is 6.35. The summed E-state index contributed by atoms with van der Waals surface area (Å²) in [6, 6.07) is 7.46. The fourth-order valence-corrected chi connectivity index (χ4v) is 2.57. The van der Waals surface area contributed by atoms with Gasteiger partial charge in [-0.15, -0.1) is 0 Å². The highest BCUT2D eigenvalue weighted by atomic mass is 79.9. The van der Waals surface area contributed by atoms with Crippen molar-refractivity contribution in [2.75, 3.05) is 26.2 Å². The predicted octanol–water partition coefficient (Wildman–Crippen LogP) is 2.52. The summed E-state index contributed by atoms with van der Waals surface area (Å²) in [5, 5.41) is 3.02. The second-order valence-corrected chi connectivity index (χ2v) is 5.68. The molecule has 1 aromatic carbocycles. The van der Waals surface area contributed by atoms with Gasteiger partial charge in [0.05, 0.1) is 0 Å². The second kappa shape index (κ2) is 6.34. The molecule has 1 saturated heterocycles. The molecule has 1 aliphatic heterocycles. The molecule has 1 amide bonds. The molecule has 1 fully saturated rings. The number of rotatable bonds is 4. The van der Waals surface area contributed by atoms with Crippen LogP contribution < -0.4 is 5.32 Å². The number of carbonyl (C=O) groups is 1. The summed E-state index contributed by atoms with van der Waals surface area (Å²) in [6.07, 6.45) is 1.19.